The van der Waals surface area contributed by atoms with Crippen LogP contribution >= 0.6 is 0 Å². The number of nitrogens with zero attached hydrogens (tertiary/aromatic N) is 3. The monoisotopic (exact) mass is 456 g/mol. The number of hydrogen-bond donors (Lipinski definition) is 1. The van der Waals surface area contributed by atoms with Crippen LogP contribution in [0.1, 0.15) is 16.8 Å². The third kappa shape index (κ3) is 5.36. The highest BCUT2D eigenvalue weighted by Crippen LogP contribution is 2.24. The Morgan fingerprint density at radius 2 is 1.70 bits per heavy atom. The van der Waals surface area contributed by atoms with Gasteiger partial charge in [-0.15, -0.1) is 0 Å². The van der Waals surface area contributed by atoms with E-state index in [-0.39, 0.29) is 35.6 Å². The lowest BCUT2D eigenvalue weighted by atomic mass is 10.1. The summed E-state index contributed by atoms with van der Waals surface area (Å²) in [7, 11) is 0. The molecule has 0 saturated carbocycles. The SMILES string of the molecule is O=C(NCCN1CCN(C(=O)c2ccc(F)c(F)c2)CC1)C1CC(=O)N(c2ccccc2)C1. The van der Waals surface area contributed by atoms with Crippen LogP contribution in [-0.2, 0) is 9.59 Å². The fraction of sp³-hybridized carbons (Fsp3) is 0.375. The Kier molecular flexibility index (Phi) is 6.98. The van der Waals surface area contributed by atoms with Crippen molar-refractivity contribution in [3.8, 4) is 0 Å². The summed E-state index contributed by atoms with van der Waals surface area (Å²) in [4.78, 5) is 42.7. The van der Waals surface area contributed by atoms with Gasteiger partial charge in [0.1, 0.15) is 0 Å². The van der Waals surface area contributed by atoms with E-state index < -0.39 is 11.6 Å². The summed E-state index contributed by atoms with van der Waals surface area (Å²) >= 11 is 0. The smallest absolute Gasteiger partial charge is 0.254 e. The summed E-state index contributed by atoms with van der Waals surface area (Å²) in [6.07, 6.45) is 0.200. The van der Waals surface area contributed by atoms with Crippen molar-refractivity contribution in [1.29, 1.82) is 0 Å². The van der Waals surface area contributed by atoms with Crippen LogP contribution in [0.3, 0.4) is 0 Å². The van der Waals surface area contributed by atoms with E-state index in [1.165, 1.54) is 6.07 Å². The van der Waals surface area contributed by atoms with Crippen LogP contribution < -0.4 is 10.2 Å². The maximum atomic E-state index is 13.4. The van der Waals surface area contributed by atoms with Gasteiger partial charge in [-0.05, 0) is 30.3 Å². The molecule has 3 amide bonds. The van der Waals surface area contributed by atoms with Gasteiger partial charge in [-0.2, -0.15) is 0 Å². The standard InChI is InChI=1S/C24H26F2N4O3/c25-20-7-6-17(14-21(20)26)24(33)29-12-10-28(11-13-29)9-8-27-23(32)18-15-22(31)30(16-18)19-4-2-1-3-5-19/h1-7,14,18H,8-13,15-16H2,(H,27,32). The van der Waals surface area contributed by atoms with Crippen LogP contribution in [0.2, 0.25) is 0 Å². The zero-order valence-electron chi connectivity index (χ0n) is 18.2. The van der Waals surface area contributed by atoms with Gasteiger partial charge in [-0.1, -0.05) is 18.2 Å². The number of nitrogens with one attached hydrogen (secondary N) is 1. The maximum Gasteiger partial charge on any atom is 0.254 e. The number of carbonyl (C=O) groups excluding carboxylic acids is 3. The second-order valence-electron chi connectivity index (χ2n) is 8.29. The summed E-state index contributed by atoms with van der Waals surface area (Å²) < 4.78 is 26.5. The molecule has 2 heterocycles. The molecule has 4 rings (SSSR count). The third-order valence-electron chi connectivity index (χ3n) is 6.12. The van der Waals surface area contributed by atoms with Crippen molar-refractivity contribution in [2.24, 2.45) is 5.92 Å². The van der Waals surface area contributed by atoms with E-state index in [9.17, 15) is 23.2 Å². The number of piperazine rings is 1. The molecule has 1 N–H and O–H groups in total. The predicted molar refractivity (Wildman–Crippen MR) is 119 cm³/mol. The van der Waals surface area contributed by atoms with Crippen LogP contribution in [-0.4, -0.2) is 73.3 Å². The zero-order valence-corrected chi connectivity index (χ0v) is 18.2. The van der Waals surface area contributed by atoms with E-state index in [1.807, 2.05) is 30.3 Å². The Labute approximate surface area is 191 Å². The number of anilines is 1. The minimum absolute atomic E-state index is 0.0526. The van der Waals surface area contributed by atoms with Gasteiger partial charge in [0, 0.05) is 63.5 Å². The summed E-state index contributed by atoms with van der Waals surface area (Å²) in [5.74, 6) is -2.89. The van der Waals surface area contributed by atoms with Gasteiger partial charge < -0.3 is 15.1 Å². The van der Waals surface area contributed by atoms with Gasteiger partial charge in [0.25, 0.3) is 5.91 Å². The molecule has 0 aliphatic carbocycles. The molecule has 174 valence electrons. The number of rotatable bonds is 6. The largest absolute Gasteiger partial charge is 0.355 e. The molecule has 2 aromatic rings. The van der Waals surface area contributed by atoms with E-state index >= 15 is 0 Å². The normalized spacial score (nSPS) is 19.1. The highest BCUT2D eigenvalue weighted by atomic mass is 19.2. The van der Waals surface area contributed by atoms with Crippen LogP contribution in [0.5, 0.6) is 0 Å². The van der Waals surface area contributed by atoms with Crippen molar-refractivity contribution in [2.45, 2.75) is 6.42 Å². The van der Waals surface area contributed by atoms with Crippen molar-refractivity contribution >= 4 is 23.4 Å². The molecule has 0 bridgehead atoms. The minimum atomic E-state index is -1.04. The topological polar surface area (TPSA) is 73.0 Å². The average Bonchev–Trinajstić information content (AvgIpc) is 3.23. The third-order valence-corrected chi connectivity index (χ3v) is 6.12. The van der Waals surface area contributed by atoms with Crippen molar-refractivity contribution < 1.29 is 23.2 Å². The van der Waals surface area contributed by atoms with Gasteiger partial charge in [0.2, 0.25) is 11.8 Å². The molecule has 9 heteroatoms. The van der Waals surface area contributed by atoms with Gasteiger partial charge in [-0.3, -0.25) is 19.3 Å². The lowest BCUT2D eigenvalue weighted by Crippen LogP contribution is -2.50. The lowest BCUT2D eigenvalue weighted by Gasteiger charge is -2.34. The molecule has 1 atom stereocenters. The first-order valence-electron chi connectivity index (χ1n) is 11.0. The molecule has 0 aromatic heterocycles. The second-order valence-corrected chi connectivity index (χ2v) is 8.29. The van der Waals surface area contributed by atoms with Crippen molar-refractivity contribution in [3.63, 3.8) is 0 Å². The Morgan fingerprint density at radius 1 is 0.970 bits per heavy atom. The zero-order chi connectivity index (χ0) is 23.4. The van der Waals surface area contributed by atoms with E-state index in [0.717, 1.165) is 17.8 Å². The second kappa shape index (κ2) is 10.1. The van der Waals surface area contributed by atoms with E-state index in [2.05, 4.69) is 10.2 Å². The van der Waals surface area contributed by atoms with Gasteiger partial charge in [-0.25, -0.2) is 8.78 Å². The van der Waals surface area contributed by atoms with E-state index in [1.54, 1.807) is 9.80 Å². The predicted octanol–water partition coefficient (Wildman–Crippen LogP) is 1.89. The number of halogens is 2. The first kappa shape index (κ1) is 22.8. The molecule has 33 heavy (non-hydrogen) atoms. The molecule has 2 aromatic carbocycles. The Morgan fingerprint density at radius 3 is 2.39 bits per heavy atom. The van der Waals surface area contributed by atoms with Gasteiger partial charge >= 0.3 is 0 Å². The number of amides is 3. The fourth-order valence-electron chi connectivity index (χ4n) is 4.21. The Balaban J connectivity index is 1.19. The first-order chi connectivity index (χ1) is 15.9. The van der Waals surface area contributed by atoms with Crippen LogP contribution in [0.25, 0.3) is 0 Å². The summed E-state index contributed by atoms with van der Waals surface area (Å²) in [5.41, 5.74) is 0.930. The summed E-state index contributed by atoms with van der Waals surface area (Å²) in [6.45, 7) is 3.63. The van der Waals surface area contributed by atoms with Gasteiger partial charge in [0.05, 0.1) is 5.92 Å². The molecule has 7 nitrogen and oxygen atoms in total. The Hall–Kier alpha value is -3.33. The fourth-order valence-corrected chi connectivity index (χ4v) is 4.21. The Bertz CT molecular complexity index is 1030. The molecule has 2 saturated heterocycles. The minimum Gasteiger partial charge on any atom is -0.355 e. The lowest BCUT2D eigenvalue weighted by molar-refractivity contribution is -0.126. The first-order valence-corrected chi connectivity index (χ1v) is 11.0. The number of carbonyl (C=O) groups is 3. The average molecular weight is 456 g/mol. The number of para-hydroxylation sites is 1. The number of hydrogen-bond acceptors (Lipinski definition) is 4. The molecular weight excluding hydrogens is 430 g/mol. The molecule has 2 aliphatic heterocycles. The molecule has 1 unspecified atom stereocenters. The highest BCUT2D eigenvalue weighted by Gasteiger charge is 2.35. The maximum absolute atomic E-state index is 13.4. The molecule has 0 radical (unpaired) electrons. The number of benzene rings is 2. The van der Waals surface area contributed by atoms with E-state index in [4.69, 9.17) is 0 Å². The van der Waals surface area contributed by atoms with Crippen molar-refractivity contribution in [3.05, 3.63) is 65.7 Å². The molecule has 0 spiro atoms. The van der Waals surface area contributed by atoms with Crippen LogP contribution in [0.15, 0.2) is 48.5 Å². The van der Waals surface area contributed by atoms with Crippen molar-refractivity contribution in [1.82, 2.24) is 15.1 Å². The van der Waals surface area contributed by atoms with Crippen LogP contribution in [0.4, 0.5) is 14.5 Å². The molecule has 2 aliphatic rings. The molecule has 2 fully saturated rings. The molecular formula is C24H26F2N4O3. The van der Waals surface area contributed by atoms with Crippen LogP contribution in [0, 0.1) is 17.6 Å². The summed E-state index contributed by atoms with van der Waals surface area (Å²) in [6, 6.07) is 12.5. The van der Waals surface area contributed by atoms with Gasteiger partial charge in [0.15, 0.2) is 11.6 Å². The van der Waals surface area contributed by atoms with Crippen molar-refractivity contribution in [2.75, 3.05) is 50.7 Å². The summed E-state index contributed by atoms with van der Waals surface area (Å²) in [5, 5.41) is 2.92. The van der Waals surface area contributed by atoms with E-state index in [0.29, 0.717) is 45.8 Å². The quantitative estimate of drug-likeness (QED) is 0.721. The highest BCUT2D eigenvalue weighted by molar-refractivity contribution is 6.00.